The van der Waals surface area contributed by atoms with E-state index in [1.165, 1.54) is 0 Å². The van der Waals surface area contributed by atoms with Gasteiger partial charge in [0.1, 0.15) is 11.1 Å². The molecule has 0 aromatic rings. The van der Waals surface area contributed by atoms with Crippen molar-refractivity contribution in [1.82, 2.24) is 10.2 Å². The summed E-state index contributed by atoms with van der Waals surface area (Å²) in [7, 11) is 0. The fourth-order valence-electron chi connectivity index (χ4n) is 3.48. The van der Waals surface area contributed by atoms with Gasteiger partial charge in [-0.05, 0) is 51.9 Å². The van der Waals surface area contributed by atoms with Gasteiger partial charge in [0, 0.05) is 6.04 Å². The van der Waals surface area contributed by atoms with Crippen LogP contribution in [0.4, 0.5) is 0 Å². The molecule has 2 aliphatic rings. The topological polar surface area (TPSA) is 49.4 Å². The molecule has 2 unspecified atom stereocenters. The van der Waals surface area contributed by atoms with Crippen molar-refractivity contribution in [2.24, 2.45) is 5.92 Å². The Bertz CT molecular complexity index is 415. The van der Waals surface area contributed by atoms with Gasteiger partial charge in [0.25, 0.3) is 0 Å². The van der Waals surface area contributed by atoms with Crippen LogP contribution in [0.15, 0.2) is 0 Å². The van der Waals surface area contributed by atoms with Gasteiger partial charge in [0.15, 0.2) is 0 Å². The third kappa shape index (κ3) is 2.04. The van der Waals surface area contributed by atoms with Crippen molar-refractivity contribution in [3.8, 4) is 0 Å². The van der Waals surface area contributed by atoms with Crippen LogP contribution in [0.2, 0.25) is 0 Å². The second-order valence-electron chi connectivity index (χ2n) is 6.71. The molecular formula is C16H28N2O2. The Morgan fingerprint density at radius 1 is 1.20 bits per heavy atom. The predicted octanol–water partition coefficient (Wildman–Crippen LogP) is 2.47. The fourth-order valence-corrected chi connectivity index (χ4v) is 3.48. The summed E-state index contributed by atoms with van der Waals surface area (Å²) in [5, 5.41) is 3.01. The van der Waals surface area contributed by atoms with E-state index < -0.39 is 11.1 Å². The van der Waals surface area contributed by atoms with E-state index in [-0.39, 0.29) is 17.9 Å². The summed E-state index contributed by atoms with van der Waals surface area (Å²) in [4.78, 5) is 27.7. The number of rotatable bonds is 5. The number of piperazine rings is 1. The maximum absolute atomic E-state index is 13.0. The first-order valence-electron chi connectivity index (χ1n) is 8.01. The average molecular weight is 280 g/mol. The number of carbonyl (C=O) groups is 2. The smallest absolute Gasteiger partial charge is 0.249 e. The SMILES string of the molecule is CCC(CC)N1C(=O)C(C)(CC)NC(=O)C1(C)C1CC1. The molecule has 1 aliphatic carbocycles. The molecule has 1 saturated carbocycles. The quantitative estimate of drug-likeness (QED) is 0.841. The van der Waals surface area contributed by atoms with Crippen LogP contribution in [0.3, 0.4) is 0 Å². The largest absolute Gasteiger partial charge is 0.340 e. The number of amides is 2. The first kappa shape index (κ1) is 15.3. The molecule has 2 fully saturated rings. The van der Waals surface area contributed by atoms with Gasteiger partial charge in [0.05, 0.1) is 0 Å². The van der Waals surface area contributed by atoms with E-state index in [1.807, 2.05) is 25.7 Å². The maximum atomic E-state index is 13.0. The Morgan fingerprint density at radius 3 is 2.15 bits per heavy atom. The standard InChI is InChI=1S/C16H28N2O2/c1-6-12(7-2)18-14(20)15(4,8-3)17-13(19)16(18,5)11-9-10-11/h11-12H,6-10H2,1-5H3,(H,17,19). The average Bonchev–Trinajstić information content (AvgIpc) is 3.26. The van der Waals surface area contributed by atoms with Gasteiger partial charge in [-0.25, -0.2) is 0 Å². The molecule has 2 rings (SSSR count). The molecule has 20 heavy (non-hydrogen) atoms. The van der Waals surface area contributed by atoms with Crippen LogP contribution in [0.25, 0.3) is 0 Å². The van der Waals surface area contributed by atoms with E-state index in [4.69, 9.17) is 0 Å². The van der Waals surface area contributed by atoms with Gasteiger partial charge in [-0.1, -0.05) is 20.8 Å². The van der Waals surface area contributed by atoms with E-state index >= 15 is 0 Å². The van der Waals surface area contributed by atoms with Crippen molar-refractivity contribution in [3.05, 3.63) is 0 Å². The van der Waals surface area contributed by atoms with Crippen LogP contribution < -0.4 is 5.32 Å². The summed E-state index contributed by atoms with van der Waals surface area (Å²) in [6.45, 7) is 9.98. The summed E-state index contributed by atoms with van der Waals surface area (Å²) in [5.41, 5.74) is -1.39. The van der Waals surface area contributed by atoms with Gasteiger partial charge in [-0.3, -0.25) is 9.59 Å². The summed E-state index contributed by atoms with van der Waals surface area (Å²) >= 11 is 0. The van der Waals surface area contributed by atoms with Gasteiger partial charge >= 0.3 is 0 Å². The minimum absolute atomic E-state index is 0.0378. The van der Waals surface area contributed by atoms with Crippen molar-refractivity contribution < 1.29 is 9.59 Å². The van der Waals surface area contributed by atoms with Crippen molar-refractivity contribution >= 4 is 11.8 Å². The molecule has 0 aromatic heterocycles. The molecule has 114 valence electrons. The van der Waals surface area contributed by atoms with E-state index in [0.717, 1.165) is 25.7 Å². The maximum Gasteiger partial charge on any atom is 0.249 e. The van der Waals surface area contributed by atoms with E-state index in [9.17, 15) is 9.59 Å². The molecule has 4 nitrogen and oxygen atoms in total. The summed E-state index contributed by atoms with van der Waals surface area (Å²) in [5.74, 6) is 0.465. The van der Waals surface area contributed by atoms with Crippen molar-refractivity contribution in [2.45, 2.75) is 83.8 Å². The first-order valence-corrected chi connectivity index (χ1v) is 8.01. The second kappa shape index (κ2) is 5.05. The fraction of sp³-hybridized carbons (Fsp3) is 0.875. The lowest BCUT2D eigenvalue weighted by atomic mass is 9.81. The normalized spacial score (nSPS) is 34.6. The van der Waals surface area contributed by atoms with Gasteiger partial charge in [0.2, 0.25) is 11.8 Å². The number of hydrogen-bond donors (Lipinski definition) is 1. The van der Waals surface area contributed by atoms with Gasteiger partial charge in [-0.2, -0.15) is 0 Å². The molecule has 1 heterocycles. The zero-order valence-corrected chi connectivity index (χ0v) is 13.5. The zero-order valence-electron chi connectivity index (χ0n) is 13.5. The molecule has 0 radical (unpaired) electrons. The Kier molecular flexibility index (Phi) is 3.87. The highest BCUT2D eigenvalue weighted by molar-refractivity contribution is 6.02. The predicted molar refractivity (Wildman–Crippen MR) is 79.2 cm³/mol. The van der Waals surface area contributed by atoms with E-state index in [0.29, 0.717) is 12.3 Å². The highest BCUT2D eigenvalue weighted by Gasteiger charge is 2.60. The second-order valence-corrected chi connectivity index (χ2v) is 6.71. The van der Waals surface area contributed by atoms with Crippen molar-refractivity contribution in [2.75, 3.05) is 0 Å². The Morgan fingerprint density at radius 2 is 1.75 bits per heavy atom. The summed E-state index contributed by atoms with van der Waals surface area (Å²) in [6, 6.07) is 0.157. The lowest BCUT2D eigenvalue weighted by molar-refractivity contribution is -0.167. The number of hydrogen-bond acceptors (Lipinski definition) is 2. The zero-order chi connectivity index (χ0) is 15.1. The molecule has 2 atom stereocenters. The molecule has 2 amide bonds. The van der Waals surface area contributed by atoms with E-state index in [1.54, 1.807) is 0 Å². The van der Waals surface area contributed by atoms with Gasteiger partial charge in [-0.15, -0.1) is 0 Å². The van der Waals surface area contributed by atoms with E-state index in [2.05, 4.69) is 19.2 Å². The van der Waals surface area contributed by atoms with Crippen molar-refractivity contribution in [1.29, 1.82) is 0 Å². The van der Waals surface area contributed by atoms with Gasteiger partial charge < -0.3 is 10.2 Å². The van der Waals surface area contributed by atoms with Crippen LogP contribution in [0.5, 0.6) is 0 Å². The Hall–Kier alpha value is -1.06. The van der Waals surface area contributed by atoms with Crippen LogP contribution in [0, 0.1) is 5.92 Å². The highest BCUT2D eigenvalue weighted by Crippen LogP contribution is 2.47. The summed E-state index contributed by atoms with van der Waals surface area (Å²) < 4.78 is 0. The Balaban J connectivity index is 2.46. The third-order valence-electron chi connectivity index (χ3n) is 5.43. The molecule has 4 heteroatoms. The van der Waals surface area contributed by atoms with Crippen LogP contribution in [0.1, 0.15) is 66.7 Å². The lowest BCUT2D eigenvalue weighted by Crippen LogP contribution is -2.76. The Labute approximate surface area is 122 Å². The number of nitrogens with one attached hydrogen (secondary N) is 1. The molecule has 0 bridgehead atoms. The summed E-state index contributed by atoms with van der Waals surface area (Å²) in [6.07, 6.45) is 4.54. The van der Waals surface area contributed by atoms with Crippen LogP contribution in [-0.4, -0.2) is 33.8 Å². The molecular weight excluding hydrogens is 252 g/mol. The molecule has 0 spiro atoms. The van der Waals surface area contributed by atoms with Crippen LogP contribution in [-0.2, 0) is 9.59 Å². The highest BCUT2D eigenvalue weighted by atomic mass is 16.2. The monoisotopic (exact) mass is 280 g/mol. The third-order valence-corrected chi connectivity index (χ3v) is 5.43. The van der Waals surface area contributed by atoms with Crippen molar-refractivity contribution in [3.63, 3.8) is 0 Å². The minimum Gasteiger partial charge on any atom is -0.340 e. The molecule has 1 aliphatic heterocycles. The van der Waals surface area contributed by atoms with Crippen LogP contribution >= 0.6 is 0 Å². The molecule has 0 aromatic carbocycles. The number of nitrogens with zero attached hydrogens (tertiary/aromatic N) is 1. The molecule has 1 saturated heterocycles. The first-order chi connectivity index (χ1) is 9.35. The number of carbonyl (C=O) groups excluding carboxylic acids is 2. The lowest BCUT2D eigenvalue weighted by Gasteiger charge is -2.53. The minimum atomic E-state index is -0.742. The molecule has 1 N–H and O–H groups in total.